The first kappa shape index (κ1) is 19.4. The predicted molar refractivity (Wildman–Crippen MR) is 100 cm³/mol. The lowest BCUT2D eigenvalue weighted by Crippen LogP contribution is -2.41. The summed E-state index contributed by atoms with van der Waals surface area (Å²) in [5.74, 6) is -1.29. The molecule has 146 valence electrons. The Morgan fingerprint density at radius 1 is 1.07 bits per heavy atom. The van der Waals surface area contributed by atoms with Crippen LogP contribution in [-0.4, -0.2) is 27.3 Å². The normalized spacial score (nSPS) is 11.2. The maximum absolute atomic E-state index is 12.4. The minimum atomic E-state index is -4.02. The van der Waals surface area contributed by atoms with Gasteiger partial charge in [0.15, 0.2) is 5.76 Å². The van der Waals surface area contributed by atoms with Crippen LogP contribution in [-0.2, 0) is 10.0 Å². The number of hydrogen-bond donors (Lipinski definition) is 3. The maximum Gasteiger partial charge on any atom is 0.305 e. The molecule has 0 aliphatic heterocycles. The Morgan fingerprint density at radius 3 is 2.39 bits per heavy atom. The number of benzene rings is 2. The van der Waals surface area contributed by atoms with Crippen molar-refractivity contribution in [1.29, 1.82) is 0 Å². The zero-order valence-corrected chi connectivity index (χ0v) is 15.8. The highest BCUT2D eigenvalue weighted by molar-refractivity contribution is 7.89. The largest absolute Gasteiger partial charge is 0.496 e. The smallest absolute Gasteiger partial charge is 0.305 e. The molecule has 0 aliphatic rings. The summed E-state index contributed by atoms with van der Waals surface area (Å²) in [4.78, 5) is 24.5. The average molecular weight is 403 g/mol. The van der Waals surface area contributed by atoms with E-state index in [9.17, 15) is 18.0 Å². The number of carbonyl (C=O) groups excluding carboxylic acids is 2. The molecule has 9 nitrogen and oxygen atoms in total. The summed E-state index contributed by atoms with van der Waals surface area (Å²) in [5, 5.41) is 5.87. The summed E-state index contributed by atoms with van der Waals surface area (Å²) in [5.41, 5.74) is 5.50. The van der Waals surface area contributed by atoms with Gasteiger partial charge in [0.2, 0.25) is 10.0 Å². The molecular formula is C18H17N3O6S. The number of primary sulfonamides is 1. The molecule has 2 amide bonds. The zero-order valence-electron chi connectivity index (χ0n) is 15.0. The topological polar surface area (TPSA) is 141 Å². The third-order valence-corrected chi connectivity index (χ3v) is 4.99. The number of methoxy groups -OCH3 is 1. The number of ether oxygens (including phenoxy) is 1. The molecule has 0 radical (unpaired) electrons. The molecule has 0 saturated carbocycles. The Hall–Kier alpha value is -3.37. The monoisotopic (exact) mass is 403 g/mol. The molecule has 0 saturated heterocycles. The number of nitrogens with two attached hydrogens (primary N) is 1. The molecule has 0 fully saturated rings. The van der Waals surface area contributed by atoms with Crippen molar-refractivity contribution in [2.45, 2.75) is 11.8 Å². The van der Waals surface area contributed by atoms with E-state index in [0.717, 1.165) is 11.5 Å². The second kappa shape index (κ2) is 7.33. The van der Waals surface area contributed by atoms with Crippen molar-refractivity contribution in [3.63, 3.8) is 0 Å². The number of hydrogen-bond acceptors (Lipinski definition) is 6. The molecule has 0 bridgehead atoms. The van der Waals surface area contributed by atoms with Crippen LogP contribution in [0.25, 0.3) is 11.0 Å². The van der Waals surface area contributed by atoms with Crippen LogP contribution in [0.4, 0.5) is 0 Å². The molecule has 0 atom stereocenters. The molecule has 2 aromatic carbocycles. The van der Waals surface area contributed by atoms with Gasteiger partial charge in [-0.25, -0.2) is 13.6 Å². The SMILES string of the molecule is COc1ccc(S(N)(=O)=O)cc1C(=O)NNC(=O)c1oc2ccccc2c1C. The van der Waals surface area contributed by atoms with Crippen LogP contribution in [0.3, 0.4) is 0 Å². The van der Waals surface area contributed by atoms with E-state index in [-0.39, 0.29) is 22.0 Å². The fourth-order valence-electron chi connectivity index (χ4n) is 2.67. The van der Waals surface area contributed by atoms with Crippen molar-refractivity contribution < 1.29 is 27.2 Å². The Balaban J connectivity index is 1.81. The fraction of sp³-hybridized carbons (Fsp3) is 0.111. The summed E-state index contributed by atoms with van der Waals surface area (Å²) in [6, 6.07) is 10.7. The van der Waals surface area contributed by atoms with Crippen LogP contribution in [0.2, 0.25) is 0 Å². The molecule has 0 spiro atoms. The predicted octanol–water partition coefficient (Wildman–Crippen LogP) is 1.47. The minimum Gasteiger partial charge on any atom is -0.496 e. The second-order valence-electron chi connectivity index (χ2n) is 5.87. The first-order valence-corrected chi connectivity index (χ1v) is 9.56. The van der Waals surface area contributed by atoms with E-state index in [1.807, 2.05) is 12.1 Å². The van der Waals surface area contributed by atoms with Crippen molar-refractivity contribution in [2.75, 3.05) is 7.11 Å². The second-order valence-corrected chi connectivity index (χ2v) is 7.43. The lowest BCUT2D eigenvalue weighted by molar-refractivity contribution is 0.0830. The molecular weight excluding hydrogens is 386 g/mol. The number of rotatable bonds is 4. The first-order valence-electron chi connectivity index (χ1n) is 8.02. The van der Waals surface area contributed by atoms with Gasteiger partial charge in [0.1, 0.15) is 11.3 Å². The highest BCUT2D eigenvalue weighted by atomic mass is 32.2. The minimum absolute atomic E-state index is 0.0479. The van der Waals surface area contributed by atoms with Gasteiger partial charge in [-0.05, 0) is 31.2 Å². The molecule has 28 heavy (non-hydrogen) atoms. The average Bonchev–Trinajstić information content (AvgIpc) is 3.01. The van der Waals surface area contributed by atoms with Gasteiger partial charge in [0.05, 0.1) is 17.6 Å². The van der Waals surface area contributed by atoms with Gasteiger partial charge in [-0.15, -0.1) is 0 Å². The van der Waals surface area contributed by atoms with Gasteiger partial charge in [-0.2, -0.15) is 0 Å². The quantitative estimate of drug-likeness (QED) is 0.564. The summed E-state index contributed by atoms with van der Waals surface area (Å²) >= 11 is 0. The third kappa shape index (κ3) is 3.68. The Morgan fingerprint density at radius 2 is 1.75 bits per heavy atom. The molecule has 3 rings (SSSR count). The zero-order chi connectivity index (χ0) is 20.5. The van der Waals surface area contributed by atoms with E-state index in [2.05, 4.69) is 10.9 Å². The number of furan rings is 1. The molecule has 1 aromatic heterocycles. The number of para-hydroxylation sites is 1. The van der Waals surface area contributed by atoms with Gasteiger partial charge in [0.25, 0.3) is 5.91 Å². The van der Waals surface area contributed by atoms with Crippen molar-refractivity contribution in [3.05, 3.63) is 59.4 Å². The van der Waals surface area contributed by atoms with Crippen molar-refractivity contribution >= 4 is 32.8 Å². The lowest BCUT2D eigenvalue weighted by Gasteiger charge is -2.11. The van der Waals surface area contributed by atoms with E-state index in [0.29, 0.717) is 11.1 Å². The molecule has 1 heterocycles. The molecule has 4 N–H and O–H groups in total. The van der Waals surface area contributed by atoms with E-state index in [1.54, 1.807) is 19.1 Å². The number of sulfonamides is 1. The van der Waals surface area contributed by atoms with Crippen LogP contribution < -0.4 is 20.7 Å². The highest BCUT2D eigenvalue weighted by Gasteiger charge is 2.20. The van der Waals surface area contributed by atoms with Crippen molar-refractivity contribution in [2.24, 2.45) is 5.14 Å². The van der Waals surface area contributed by atoms with Crippen molar-refractivity contribution in [3.8, 4) is 5.75 Å². The van der Waals surface area contributed by atoms with E-state index < -0.39 is 21.8 Å². The first-order chi connectivity index (χ1) is 13.2. The summed E-state index contributed by atoms with van der Waals surface area (Å²) in [7, 11) is -2.70. The van der Waals surface area contributed by atoms with Crippen LogP contribution in [0.15, 0.2) is 51.8 Å². The van der Waals surface area contributed by atoms with E-state index in [4.69, 9.17) is 14.3 Å². The van der Waals surface area contributed by atoms with Crippen LogP contribution in [0, 0.1) is 6.92 Å². The molecule has 0 unspecified atom stereocenters. The summed E-state index contributed by atoms with van der Waals surface area (Å²) in [6.07, 6.45) is 0. The molecule has 10 heteroatoms. The highest BCUT2D eigenvalue weighted by Crippen LogP contribution is 2.25. The standard InChI is InChI=1S/C18H17N3O6S/c1-10-12-5-3-4-6-15(12)27-16(10)18(23)21-20-17(22)13-9-11(28(19,24)25)7-8-14(13)26-2/h3-9H,1-2H3,(H,20,22)(H,21,23)(H2,19,24,25). The van der Waals surface area contributed by atoms with Crippen LogP contribution >= 0.6 is 0 Å². The number of aryl methyl sites for hydroxylation is 1. The fourth-order valence-corrected chi connectivity index (χ4v) is 3.21. The number of amides is 2. The molecule has 3 aromatic rings. The van der Waals surface area contributed by atoms with Crippen LogP contribution in [0.1, 0.15) is 26.5 Å². The van der Waals surface area contributed by atoms with Crippen LogP contribution in [0.5, 0.6) is 5.75 Å². The number of hydrazine groups is 1. The Bertz CT molecular complexity index is 1180. The number of carbonyl (C=O) groups is 2. The Labute approximate surface area is 160 Å². The van der Waals surface area contributed by atoms with Gasteiger partial charge >= 0.3 is 5.91 Å². The van der Waals surface area contributed by atoms with Gasteiger partial charge in [0, 0.05) is 10.9 Å². The lowest BCUT2D eigenvalue weighted by atomic mass is 10.1. The van der Waals surface area contributed by atoms with Gasteiger partial charge in [-0.3, -0.25) is 20.4 Å². The maximum atomic E-state index is 12.4. The molecule has 0 aliphatic carbocycles. The number of nitrogens with one attached hydrogen (secondary N) is 2. The third-order valence-electron chi connectivity index (χ3n) is 4.08. The number of fused-ring (bicyclic) bond motifs is 1. The van der Waals surface area contributed by atoms with Gasteiger partial charge < -0.3 is 9.15 Å². The Kier molecular flexibility index (Phi) is 5.08. The van der Waals surface area contributed by atoms with E-state index >= 15 is 0 Å². The summed E-state index contributed by atoms with van der Waals surface area (Å²) in [6.45, 7) is 1.72. The van der Waals surface area contributed by atoms with Gasteiger partial charge in [-0.1, -0.05) is 18.2 Å². The van der Waals surface area contributed by atoms with E-state index in [1.165, 1.54) is 19.2 Å². The van der Waals surface area contributed by atoms with Crippen molar-refractivity contribution in [1.82, 2.24) is 10.9 Å². The summed E-state index contributed by atoms with van der Waals surface area (Å²) < 4.78 is 33.6.